The number of hydrogen-bond donors (Lipinski definition) is 1. The highest BCUT2D eigenvalue weighted by Gasteiger charge is 2.26. The van der Waals surface area contributed by atoms with Crippen molar-refractivity contribution in [1.29, 1.82) is 0 Å². The van der Waals surface area contributed by atoms with E-state index in [1.165, 1.54) is 6.07 Å². The molecule has 7 heteroatoms. The van der Waals surface area contributed by atoms with Gasteiger partial charge in [-0.05, 0) is 32.9 Å². The van der Waals surface area contributed by atoms with Crippen molar-refractivity contribution in [2.24, 2.45) is 0 Å². The summed E-state index contributed by atoms with van der Waals surface area (Å²) in [6.45, 7) is 7.98. The Kier molecular flexibility index (Phi) is 4.54. The highest BCUT2D eigenvalue weighted by atomic mass is 16.6. The van der Waals surface area contributed by atoms with E-state index in [1.807, 2.05) is 20.8 Å². The third-order valence-electron chi connectivity index (χ3n) is 3.26. The Morgan fingerprint density at radius 3 is 2.27 bits per heavy atom. The smallest absolute Gasteiger partial charge is 0.410 e. The molecule has 0 spiro atoms. The summed E-state index contributed by atoms with van der Waals surface area (Å²) < 4.78 is 5.35. The van der Waals surface area contributed by atoms with Crippen molar-refractivity contribution in [2.45, 2.75) is 26.4 Å². The number of aromatic nitrogens is 1. The summed E-state index contributed by atoms with van der Waals surface area (Å²) in [6.07, 6.45) is 1.25. The molecule has 1 saturated heterocycles. The van der Waals surface area contributed by atoms with Gasteiger partial charge in [-0.3, -0.25) is 0 Å². The number of carbonyl (C=O) groups is 2. The summed E-state index contributed by atoms with van der Waals surface area (Å²) in [5.74, 6) is -1.04. The molecule has 1 fully saturated rings. The predicted molar refractivity (Wildman–Crippen MR) is 81.2 cm³/mol. The minimum Gasteiger partial charge on any atom is -0.477 e. The summed E-state index contributed by atoms with van der Waals surface area (Å²) in [6, 6.07) is 3.22. The molecule has 1 aromatic heterocycles. The van der Waals surface area contributed by atoms with Gasteiger partial charge in [0.1, 0.15) is 11.3 Å². The lowest BCUT2D eigenvalue weighted by atomic mass is 10.2. The predicted octanol–water partition coefficient (Wildman–Crippen LogP) is 1.84. The number of hydrogen-bond acceptors (Lipinski definition) is 5. The van der Waals surface area contributed by atoms with Crippen LogP contribution in [0.2, 0.25) is 0 Å². The van der Waals surface area contributed by atoms with Gasteiger partial charge in [-0.1, -0.05) is 0 Å². The maximum atomic E-state index is 12.0. The molecule has 0 unspecified atom stereocenters. The third kappa shape index (κ3) is 4.09. The first-order valence-electron chi connectivity index (χ1n) is 7.18. The molecule has 2 heterocycles. The summed E-state index contributed by atoms with van der Waals surface area (Å²) in [4.78, 5) is 30.4. The Labute approximate surface area is 129 Å². The molecule has 1 N–H and O–H groups in total. The molecule has 7 nitrogen and oxygen atoms in total. The zero-order valence-corrected chi connectivity index (χ0v) is 13.1. The Bertz CT molecular complexity index is 543. The number of pyridine rings is 1. The number of piperazine rings is 1. The molecule has 1 aromatic rings. The summed E-state index contributed by atoms with van der Waals surface area (Å²) in [7, 11) is 0. The number of nitrogens with zero attached hydrogens (tertiary/aromatic N) is 3. The van der Waals surface area contributed by atoms with E-state index >= 15 is 0 Å². The normalized spacial score (nSPS) is 15.6. The van der Waals surface area contributed by atoms with E-state index in [1.54, 1.807) is 17.2 Å². The van der Waals surface area contributed by atoms with E-state index in [0.29, 0.717) is 26.2 Å². The average Bonchev–Trinajstić information content (AvgIpc) is 2.46. The highest BCUT2D eigenvalue weighted by Crippen LogP contribution is 2.17. The van der Waals surface area contributed by atoms with Crippen LogP contribution in [0, 0.1) is 0 Å². The van der Waals surface area contributed by atoms with Crippen LogP contribution in [-0.4, -0.2) is 58.8 Å². The van der Waals surface area contributed by atoms with Crippen molar-refractivity contribution in [1.82, 2.24) is 9.88 Å². The van der Waals surface area contributed by atoms with Gasteiger partial charge in [-0.2, -0.15) is 0 Å². The fraction of sp³-hybridized carbons (Fsp3) is 0.533. The minimum absolute atomic E-state index is 0.0242. The fourth-order valence-electron chi connectivity index (χ4n) is 2.17. The summed E-state index contributed by atoms with van der Waals surface area (Å²) in [5.41, 5.74) is 0.384. The zero-order valence-electron chi connectivity index (χ0n) is 13.1. The first kappa shape index (κ1) is 16.1. The van der Waals surface area contributed by atoms with Gasteiger partial charge < -0.3 is 19.6 Å². The number of aromatic carboxylic acids is 1. The molecule has 1 amide bonds. The first-order chi connectivity index (χ1) is 10.3. The Morgan fingerprint density at radius 2 is 1.82 bits per heavy atom. The van der Waals surface area contributed by atoms with Gasteiger partial charge >= 0.3 is 12.1 Å². The lowest BCUT2D eigenvalue weighted by Gasteiger charge is -2.36. The van der Waals surface area contributed by atoms with Gasteiger partial charge in [-0.15, -0.1) is 0 Å². The van der Waals surface area contributed by atoms with Crippen molar-refractivity contribution in [3.8, 4) is 0 Å². The molecule has 0 saturated carbocycles. The van der Waals surface area contributed by atoms with E-state index in [9.17, 15) is 9.59 Å². The summed E-state index contributed by atoms with van der Waals surface area (Å²) >= 11 is 0. The largest absolute Gasteiger partial charge is 0.477 e. The average molecular weight is 307 g/mol. The van der Waals surface area contributed by atoms with E-state index in [-0.39, 0.29) is 11.8 Å². The molecule has 2 rings (SSSR count). The fourth-order valence-corrected chi connectivity index (χ4v) is 2.17. The maximum absolute atomic E-state index is 12.0. The number of amides is 1. The minimum atomic E-state index is -1.04. The van der Waals surface area contributed by atoms with Crippen molar-refractivity contribution in [3.63, 3.8) is 0 Å². The molecule has 1 aliphatic heterocycles. The van der Waals surface area contributed by atoms with Gasteiger partial charge in [-0.25, -0.2) is 14.6 Å². The van der Waals surface area contributed by atoms with E-state index in [2.05, 4.69) is 9.88 Å². The van der Waals surface area contributed by atoms with Gasteiger partial charge in [0.2, 0.25) is 0 Å². The Hall–Kier alpha value is -2.31. The standard InChI is InChI=1S/C15H21N3O4/c1-15(2,3)22-14(21)18-8-6-17(7-9-18)11-4-5-12(13(19)20)16-10-11/h4-5,10H,6-9H2,1-3H3,(H,19,20). The number of rotatable bonds is 2. The number of carbonyl (C=O) groups excluding carboxylic acids is 1. The van der Waals surface area contributed by atoms with Crippen LogP contribution in [0.25, 0.3) is 0 Å². The second-order valence-electron chi connectivity index (χ2n) is 6.16. The third-order valence-corrected chi connectivity index (χ3v) is 3.26. The van der Waals surface area contributed by atoms with Crippen LogP contribution in [0.15, 0.2) is 18.3 Å². The topological polar surface area (TPSA) is 83.0 Å². The van der Waals surface area contributed by atoms with Crippen LogP contribution in [0.3, 0.4) is 0 Å². The van der Waals surface area contributed by atoms with Crippen LogP contribution in [-0.2, 0) is 4.74 Å². The molecule has 0 aromatic carbocycles. The number of anilines is 1. The van der Waals surface area contributed by atoms with Crippen molar-refractivity contribution in [2.75, 3.05) is 31.1 Å². The molecule has 0 atom stereocenters. The SMILES string of the molecule is CC(C)(C)OC(=O)N1CCN(c2ccc(C(=O)O)nc2)CC1. The van der Waals surface area contributed by atoms with Gasteiger partial charge in [0, 0.05) is 26.2 Å². The van der Waals surface area contributed by atoms with Crippen LogP contribution < -0.4 is 4.90 Å². The van der Waals surface area contributed by atoms with Crippen LogP contribution >= 0.6 is 0 Å². The lowest BCUT2D eigenvalue weighted by Crippen LogP contribution is -2.50. The van der Waals surface area contributed by atoms with E-state index in [4.69, 9.17) is 9.84 Å². The molecular formula is C15H21N3O4. The molecular weight excluding hydrogens is 286 g/mol. The highest BCUT2D eigenvalue weighted by molar-refractivity contribution is 5.85. The zero-order chi connectivity index (χ0) is 16.3. The Balaban J connectivity index is 1.91. The van der Waals surface area contributed by atoms with Crippen LogP contribution in [0.4, 0.5) is 10.5 Å². The number of ether oxygens (including phenoxy) is 1. The maximum Gasteiger partial charge on any atom is 0.410 e. The van der Waals surface area contributed by atoms with Gasteiger partial charge in [0.05, 0.1) is 11.9 Å². The lowest BCUT2D eigenvalue weighted by molar-refractivity contribution is 0.0240. The van der Waals surface area contributed by atoms with Crippen molar-refractivity contribution < 1.29 is 19.4 Å². The monoisotopic (exact) mass is 307 g/mol. The molecule has 22 heavy (non-hydrogen) atoms. The molecule has 1 aliphatic rings. The van der Waals surface area contributed by atoms with E-state index < -0.39 is 11.6 Å². The van der Waals surface area contributed by atoms with Gasteiger partial charge in [0.25, 0.3) is 0 Å². The van der Waals surface area contributed by atoms with Crippen LogP contribution in [0.5, 0.6) is 0 Å². The van der Waals surface area contributed by atoms with E-state index in [0.717, 1.165) is 5.69 Å². The second-order valence-corrected chi connectivity index (χ2v) is 6.16. The Morgan fingerprint density at radius 1 is 1.18 bits per heavy atom. The number of carboxylic acid groups (broad SMARTS) is 1. The molecule has 0 radical (unpaired) electrons. The second kappa shape index (κ2) is 6.21. The van der Waals surface area contributed by atoms with Gasteiger partial charge in [0.15, 0.2) is 0 Å². The first-order valence-corrected chi connectivity index (χ1v) is 7.18. The quantitative estimate of drug-likeness (QED) is 0.897. The molecule has 0 aliphatic carbocycles. The molecule has 0 bridgehead atoms. The van der Waals surface area contributed by atoms with Crippen LogP contribution in [0.1, 0.15) is 31.3 Å². The van der Waals surface area contributed by atoms with Crippen molar-refractivity contribution in [3.05, 3.63) is 24.0 Å². The molecule has 120 valence electrons. The number of carboxylic acids is 1. The summed E-state index contributed by atoms with van der Waals surface area (Å²) in [5, 5.41) is 8.84. The van der Waals surface area contributed by atoms with Crippen molar-refractivity contribution >= 4 is 17.7 Å².